The Kier molecular flexibility index (Phi) is 6.61. The molecule has 2 amide bonds. The van der Waals surface area contributed by atoms with Gasteiger partial charge in [0.25, 0.3) is 5.91 Å². The lowest BCUT2D eigenvalue weighted by Gasteiger charge is -2.26. The van der Waals surface area contributed by atoms with E-state index in [1.165, 1.54) is 12.1 Å². The van der Waals surface area contributed by atoms with Crippen LogP contribution >= 0.6 is 0 Å². The molecule has 30 heavy (non-hydrogen) atoms. The number of carbonyl (C=O) groups is 2. The van der Waals surface area contributed by atoms with Gasteiger partial charge in [-0.15, -0.1) is 0 Å². The Morgan fingerprint density at radius 1 is 1.00 bits per heavy atom. The van der Waals surface area contributed by atoms with Crippen LogP contribution in [0.15, 0.2) is 67.0 Å². The first kappa shape index (κ1) is 21.2. The summed E-state index contributed by atoms with van der Waals surface area (Å²) in [6.07, 6.45) is 3.41. The molecule has 0 aliphatic rings. The van der Waals surface area contributed by atoms with E-state index in [1.54, 1.807) is 53.4 Å². The predicted octanol–water partition coefficient (Wildman–Crippen LogP) is 3.22. The molecule has 156 valence electrons. The number of hydrogen-bond acceptors (Lipinski definition) is 3. The van der Waals surface area contributed by atoms with Crippen molar-refractivity contribution < 1.29 is 14.0 Å². The molecule has 2 N–H and O–H groups in total. The van der Waals surface area contributed by atoms with E-state index < -0.39 is 12.1 Å². The summed E-state index contributed by atoms with van der Waals surface area (Å²) in [5.74, 6) is -0.565. The molecule has 2 aromatic carbocycles. The fraction of sp³-hybridized carbons (Fsp3) is 0.261. The van der Waals surface area contributed by atoms with Crippen LogP contribution in [0.3, 0.4) is 0 Å². The Labute approximate surface area is 175 Å². The van der Waals surface area contributed by atoms with E-state index in [1.807, 2.05) is 27.0 Å². The molecule has 3 aromatic rings. The van der Waals surface area contributed by atoms with Gasteiger partial charge < -0.3 is 15.2 Å². The summed E-state index contributed by atoms with van der Waals surface area (Å²) in [6, 6.07) is 13.3. The number of nitrogens with one attached hydrogen (secondary N) is 2. The summed E-state index contributed by atoms with van der Waals surface area (Å²) in [5.41, 5.74) is 1.17. The molecule has 1 heterocycles. The Morgan fingerprint density at radius 3 is 2.23 bits per heavy atom. The van der Waals surface area contributed by atoms with Gasteiger partial charge in [0, 0.05) is 25.0 Å². The standard InChI is InChI=1S/C23H25FN4O2/c1-15(2)19(26-22(29)17-7-5-4-6-8-17)23(30)27-20(21-25-13-14-28(21)3)16-9-11-18(24)12-10-16/h4-15,19-20H,1-3H3,(H,26,29)(H,27,30)/t19-,20-/m0/s1. The Morgan fingerprint density at radius 2 is 1.67 bits per heavy atom. The summed E-state index contributed by atoms with van der Waals surface area (Å²) in [6.45, 7) is 3.73. The normalized spacial score (nSPS) is 13.0. The minimum absolute atomic E-state index is 0.145. The molecular weight excluding hydrogens is 383 g/mol. The van der Waals surface area contributed by atoms with Gasteiger partial charge >= 0.3 is 0 Å². The minimum atomic E-state index is -0.749. The third kappa shape index (κ3) is 4.92. The van der Waals surface area contributed by atoms with Gasteiger partial charge in [0.15, 0.2) is 0 Å². The topological polar surface area (TPSA) is 76.0 Å². The van der Waals surface area contributed by atoms with Crippen molar-refractivity contribution in [2.45, 2.75) is 25.9 Å². The highest BCUT2D eigenvalue weighted by molar-refractivity contribution is 5.97. The number of amides is 2. The first-order chi connectivity index (χ1) is 14.4. The lowest BCUT2D eigenvalue weighted by atomic mass is 10.0. The number of carbonyl (C=O) groups excluding carboxylic acids is 2. The van der Waals surface area contributed by atoms with E-state index in [9.17, 15) is 14.0 Å². The zero-order chi connectivity index (χ0) is 21.7. The molecule has 1 aromatic heterocycles. The van der Waals surface area contributed by atoms with Gasteiger partial charge in [-0.2, -0.15) is 0 Å². The average molecular weight is 408 g/mol. The second kappa shape index (κ2) is 9.35. The van der Waals surface area contributed by atoms with E-state index in [2.05, 4.69) is 15.6 Å². The number of imidazole rings is 1. The first-order valence-electron chi connectivity index (χ1n) is 9.75. The second-order valence-corrected chi connectivity index (χ2v) is 7.45. The van der Waals surface area contributed by atoms with Crippen LogP contribution in [-0.4, -0.2) is 27.4 Å². The van der Waals surface area contributed by atoms with Gasteiger partial charge in [0.1, 0.15) is 23.7 Å². The van der Waals surface area contributed by atoms with Crippen molar-refractivity contribution in [2.24, 2.45) is 13.0 Å². The molecule has 0 saturated carbocycles. The van der Waals surface area contributed by atoms with E-state index in [0.717, 1.165) is 0 Å². The lowest BCUT2D eigenvalue weighted by molar-refractivity contribution is -0.124. The molecule has 7 heteroatoms. The molecule has 0 bridgehead atoms. The van der Waals surface area contributed by atoms with E-state index >= 15 is 0 Å². The molecular formula is C23H25FN4O2. The fourth-order valence-corrected chi connectivity index (χ4v) is 3.19. The minimum Gasteiger partial charge on any atom is -0.340 e. The fourth-order valence-electron chi connectivity index (χ4n) is 3.19. The highest BCUT2D eigenvalue weighted by atomic mass is 19.1. The van der Waals surface area contributed by atoms with Crippen LogP contribution in [0.2, 0.25) is 0 Å². The predicted molar refractivity (Wildman–Crippen MR) is 112 cm³/mol. The van der Waals surface area contributed by atoms with Crippen LogP contribution in [0.5, 0.6) is 0 Å². The van der Waals surface area contributed by atoms with Gasteiger partial charge in [-0.1, -0.05) is 44.2 Å². The summed E-state index contributed by atoms with van der Waals surface area (Å²) in [5, 5.41) is 5.79. The molecule has 0 saturated heterocycles. The maximum Gasteiger partial charge on any atom is 0.251 e. The van der Waals surface area contributed by atoms with Crippen LogP contribution in [0, 0.1) is 11.7 Å². The van der Waals surface area contributed by atoms with Gasteiger partial charge in [-0.05, 0) is 35.7 Å². The summed E-state index contributed by atoms with van der Waals surface area (Å²) in [7, 11) is 1.82. The summed E-state index contributed by atoms with van der Waals surface area (Å²) >= 11 is 0. The van der Waals surface area contributed by atoms with E-state index in [4.69, 9.17) is 0 Å². The number of aryl methyl sites for hydroxylation is 1. The van der Waals surface area contributed by atoms with Gasteiger partial charge in [0.05, 0.1) is 0 Å². The van der Waals surface area contributed by atoms with Crippen molar-refractivity contribution in [3.8, 4) is 0 Å². The van der Waals surface area contributed by atoms with Gasteiger partial charge in [-0.25, -0.2) is 9.37 Å². The SMILES string of the molecule is CC(C)[C@H](NC(=O)c1ccccc1)C(=O)N[C@@H](c1ccc(F)cc1)c1nccn1C. The van der Waals surface area contributed by atoms with Crippen molar-refractivity contribution in [3.63, 3.8) is 0 Å². The van der Waals surface area contributed by atoms with Crippen molar-refractivity contribution >= 4 is 11.8 Å². The quantitative estimate of drug-likeness (QED) is 0.630. The Hall–Kier alpha value is -3.48. The van der Waals surface area contributed by atoms with Crippen LogP contribution < -0.4 is 10.6 Å². The Bertz CT molecular complexity index is 1000. The number of benzene rings is 2. The molecule has 2 atom stereocenters. The van der Waals surface area contributed by atoms with E-state index in [0.29, 0.717) is 17.0 Å². The van der Waals surface area contributed by atoms with Gasteiger partial charge in [-0.3, -0.25) is 9.59 Å². The maximum absolute atomic E-state index is 13.4. The van der Waals surface area contributed by atoms with Crippen LogP contribution in [0.1, 0.15) is 41.6 Å². The molecule has 0 unspecified atom stereocenters. The number of halogens is 1. The number of nitrogens with zero attached hydrogens (tertiary/aromatic N) is 2. The monoisotopic (exact) mass is 408 g/mol. The molecule has 0 radical (unpaired) electrons. The van der Waals surface area contributed by atoms with Crippen molar-refractivity contribution in [1.82, 2.24) is 20.2 Å². The van der Waals surface area contributed by atoms with Crippen molar-refractivity contribution in [3.05, 3.63) is 89.8 Å². The smallest absolute Gasteiger partial charge is 0.251 e. The van der Waals surface area contributed by atoms with Crippen molar-refractivity contribution in [2.75, 3.05) is 0 Å². The molecule has 0 fully saturated rings. The zero-order valence-corrected chi connectivity index (χ0v) is 17.2. The highest BCUT2D eigenvalue weighted by Gasteiger charge is 2.29. The third-order valence-corrected chi connectivity index (χ3v) is 4.88. The first-order valence-corrected chi connectivity index (χ1v) is 9.75. The molecule has 0 spiro atoms. The third-order valence-electron chi connectivity index (χ3n) is 4.88. The van der Waals surface area contributed by atoms with Crippen LogP contribution in [0.25, 0.3) is 0 Å². The van der Waals surface area contributed by atoms with Crippen molar-refractivity contribution in [1.29, 1.82) is 0 Å². The lowest BCUT2D eigenvalue weighted by Crippen LogP contribution is -2.50. The van der Waals surface area contributed by atoms with Gasteiger partial charge in [0.2, 0.25) is 5.91 Å². The average Bonchev–Trinajstić information content (AvgIpc) is 3.16. The summed E-state index contributed by atoms with van der Waals surface area (Å²) in [4.78, 5) is 30.1. The largest absolute Gasteiger partial charge is 0.340 e. The highest BCUT2D eigenvalue weighted by Crippen LogP contribution is 2.21. The molecule has 6 nitrogen and oxygen atoms in total. The summed E-state index contributed by atoms with van der Waals surface area (Å²) < 4.78 is 15.2. The van der Waals surface area contributed by atoms with E-state index in [-0.39, 0.29) is 23.5 Å². The number of rotatable bonds is 7. The Balaban J connectivity index is 1.84. The van der Waals surface area contributed by atoms with Crippen LogP contribution in [0.4, 0.5) is 4.39 Å². The number of aromatic nitrogens is 2. The maximum atomic E-state index is 13.4. The zero-order valence-electron chi connectivity index (χ0n) is 17.2. The molecule has 0 aliphatic carbocycles. The molecule has 0 aliphatic heterocycles. The second-order valence-electron chi connectivity index (χ2n) is 7.45. The van der Waals surface area contributed by atoms with Crippen LogP contribution in [-0.2, 0) is 11.8 Å². The number of hydrogen-bond donors (Lipinski definition) is 2. The molecule has 3 rings (SSSR count).